The van der Waals surface area contributed by atoms with Gasteiger partial charge < -0.3 is 9.80 Å². The Hall–Kier alpha value is -1.74. The summed E-state index contributed by atoms with van der Waals surface area (Å²) in [4.78, 5) is 34.0. The molecule has 0 bridgehead atoms. The molecule has 2 aliphatic rings. The van der Waals surface area contributed by atoms with E-state index in [4.69, 9.17) is 0 Å². The molecule has 3 aromatic rings. The van der Waals surface area contributed by atoms with Crippen LogP contribution in [0.1, 0.15) is 101 Å². The van der Waals surface area contributed by atoms with Gasteiger partial charge >= 0.3 is 0 Å². The van der Waals surface area contributed by atoms with Gasteiger partial charge in [0, 0.05) is 33.3 Å². The van der Waals surface area contributed by atoms with Crippen LogP contribution in [0.3, 0.4) is 0 Å². The first-order valence-corrected chi connectivity index (χ1v) is 18.7. The molecular weight excluding hydrogens is 692 g/mol. The molecular formula is C34H40Br2N2O2S2. The van der Waals surface area contributed by atoms with Crippen LogP contribution in [0.4, 0.5) is 11.4 Å². The SMILES string of the molecule is CCCCCCCCN1C(=O)C(c2ccc(Br)s2)=c2cc3c(cc21)=C(c1ccc(Br)s1)C(=O)N3CCCCCCCC. The van der Waals surface area contributed by atoms with E-state index in [1.54, 1.807) is 22.7 Å². The zero-order valence-corrected chi connectivity index (χ0v) is 29.5. The fraction of sp³-hybridized carbons (Fsp3) is 0.471. The van der Waals surface area contributed by atoms with Gasteiger partial charge in [0.25, 0.3) is 11.8 Å². The van der Waals surface area contributed by atoms with Crippen LogP contribution in [0.5, 0.6) is 0 Å². The fourth-order valence-electron chi connectivity index (χ4n) is 6.06. The molecule has 8 heteroatoms. The number of hydrogen-bond donors (Lipinski definition) is 0. The molecule has 2 aromatic heterocycles. The van der Waals surface area contributed by atoms with Gasteiger partial charge in [-0.2, -0.15) is 0 Å². The maximum absolute atomic E-state index is 14.1. The molecule has 0 atom stereocenters. The minimum atomic E-state index is 0.0748. The number of fused-ring (bicyclic) bond motifs is 2. The Balaban J connectivity index is 1.55. The molecule has 224 valence electrons. The molecule has 0 fully saturated rings. The summed E-state index contributed by atoms with van der Waals surface area (Å²) < 4.78 is 2.02. The molecule has 5 rings (SSSR count). The number of carbonyl (C=O) groups is 2. The van der Waals surface area contributed by atoms with Crippen molar-refractivity contribution < 1.29 is 9.59 Å². The highest BCUT2D eigenvalue weighted by Gasteiger charge is 2.36. The quantitative estimate of drug-likeness (QED) is 0.138. The Morgan fingerprint density at radius 3 is 1.31 bits per heavy atom. The van der Waals surface area contributed by atoms with Gasteiger partial charge in [-0.05, 0) is 81.1 Å². The molecule has 1 aromatic carbocycles. The second kappa shape index (κ2) is 14.8. The standard InChI is InChI=1S/C34H40Br2N2O2S2/c1-3-5-7-9-11-13-19-37-25-21-24-26(22-23(25)31(33(37)39)27-15-17-29(35)41-27)38(20-14-12-10-8-6-4-2)34(40)32(24)28-16-18-30(36)42-28/h15-18,21-22H,3-14,19-20H2,1-2H3. The average molecular weight is 733 g/mol. The van der Waals surface area contributed by atoms with Gasteiger partial charge in [0.05, 0.1) is 30.1 Å². The number of unbranched alkanes of at least 4 members (excludes halogenated alkanes) is 10. The van der Waals surface area contributed by atoms with Gasteiger partial charge in [-0.1, -0.05) is 78.1 Å². The predicted molar refractivity (Wildman–Crippen MR) is 186 cm³/mol. The molecule has 42 heavy (non-hydrogen) atoms. The average Bonchev–Trinajstić information content (AvgIpc) is 3.72. The van der Waals surface area contributed by atoms with Gasteiger partial charge in [-0.3, -0.25) is 9.59 Å². The van der Waals surface area contributed by atoms with Crippen LogP contribution >= 0.6 is 54.5 Å². The first-order chi connectivity index (χ1) is 20.4. The molecule has 4 heterocycles. The van der Waals surface area contributed by atoms with E-state index in [-0.39, 0.29) is 11.8 Å². The van der Waals surface area contributed by atoms with Crippen molar-refractivity contribution in [2.45, 2.75) is 90.9 Å². The minimum absolute atomic E-state index is 0.0748. The number of halogens is 2. The fourth-order valence-corrected chi connectivity index (χ4v) is 8.93. The summed E-state index contributed by atoms with van der Waals surface area (Å²) >= 11 is 10.4. The van der Waals surface area contributed by atoms with Crippen molar-refractivity contribution in [3.8, 4) is 0 Å². The van der Waals surface area contributed by atoms with Crippen molar-refractivity contribution in [3.05, 3.63) is 64.2 Å². The van der Waals surface area contributed by atoms with Crippen molar-refractivity contribution in [1.82, 2.24) is 0 Å². The van der Waals surface area contributed by atoms with Crippen LogP contribution < -0.4 is 20.2 Å². The summed E-state index contributed by atoms with van der Waals surface area (Å²) in [7, 11) is 0. The lowest BCUT2D eigenvalue weighted by Crippen LogP contribution is -2.31. The number of rotatable bonds is 16. The first-order valence-electron chi connectivity index (χ1n) is 15.5. The van der Waals surface area contributed by atoms with E-state index in [0.29, 0.717) is 13.1 Å². The molecule has 0 radical (unpaired) electrons. The predicted octanol–water partition coefficient (Wildman–Crippen LogP) is 9.15. The van der Waals surface area contributed by atoms with Gasteiger partial charge in [-0.15, -0.1) is 22.7 Å². The maximum atomic E-state index is 14.1. The Labute approximate surface area is 274 Å². The van der Waals surface area contributed by atoms with Gasteiger partial charge in [0.2, 0.25) is 0 Å². The summed E-state index contributed by atoms with van der Waals surface area (Å²) in [6.07, 6.45) is 14.1. The van der Waals surface area contributed by atoms with Gasteiger partial charge in [-0.25, -0.2) is 0 Å². The molecule has 0 saturated heterocycles. The second-order valence-corrected chi connectivity index (χ2v) is 16.2. The monoisotopic (exact) mass is 730 g/mol. The Morgan fingerprint density at radius 1 is 0.571 bits per heavy atom. The number of carbonyl (C=O) groups excluding carboxylic acids is 2. The van der Waals surface area contributed by atoms with Crippen LogP contribution in [0, 0.1) is 0 Å². The second-order valence-electron chi connectivity index (χ2n) is 11.3. The third-order valence-electron chi connectivity index (χ3n) is 8.26. The molecule has 0 unspecified atom stereocenters. The molecule has 2 aliphatic heterocycles. The largest absolute Gasteiger partial charge is 0.308 e. The molecule has 0 N–H and O–H groups in total. The van der Waals surface area contributed by atoms with Crippen molar-refractivity contribution in [2.75, 3.05) is 22.9 Å². The molecule has 0 saturated carbocycles. The lowest BCUT2D eigenvalue weighted by atomic mass is 10.1. The van der Waals surface area contributed by atoms with Gasteiger partial charge in [0.1, 0.15) is 0 Å². The van der Waals surface area contributed by atoms with E-state index >= 15 is 0 Å². The third-order valence-corrected chi connectivity index (χ3v) is 11.5. The number of nitrogens with zero attached hydrogens (tertiary/aromatic N) is 2. The molecule has 0 aliphatic carbocycles. The smallest absolute Gasteiger partial charge is 0.260 e. The molecule has 4 nitrogen and oxygen atoms in total. The number of thiophene rings is 2. The lowest BCUT2D eigenvalue weighted by molar-refractivity contribution is -0.113. The highest BCUT2D eigenvalue weighted by atomic mass is 79.9. The highest BCUT2D eigenvalue weighted by molar-refractivity contribution is 9.11. The van der Waals surface area contributed by atoms with E-state index < -0.39 is 0 Å². The highest BCUT2D eigenvalue weighted by Crippen LogP contribution is 2.36. The van der Waals surface area contributed by atoms with Crippen molar-refractivity contribution in [3.63, 3.8) is 0 Å². The topological polar surface area (TPSA) is 40.6 Å². The van der Waals surface area contributed by atoms with Crippen LogP contribution in [0.25, 0.3) is 11.1 Å². The minimum Gasteiger partial charge on any atom is -0.308 e. The van der Waals surface area contributed by atoms with E-state index in [9.17, 15) is 9.59 Å². The van der Waals surface area contributed by atoms with E-state index in [1.807, 2.05) is 34.1 Å². The number of amides is 2. The Bertz CT molecular complexity index is 1440. The number of benzene rings is 1. The van der Waals surface area contributed by atoms with Crippen LogP contribution in [-0.4, -0.2) is 24.9 Å². The Kier molecular flexibility index (Phi) is 11.2. The van der Waals surface area contributed by atoms with Crippen LogP contribution in [0.15, 0.2) is 44.0 Å². The van der Waals surface area contributed by atoms with Crippen LogP contribution in [-0.2, 0) is 9.59 Å². The maximum Gasteiger partial charge on any atom is 0.260 e. The van der Waals surface area contributed by atoms with Crippen molar-refractivity contribution >= 4 is 88.9 Å². The number of anilines is 2. The summed E-state index contributed by atoms with van der Waals surface area (Å²) in [5.41, 5.74) is 3.39. The van der Waals surface area contributed by atoms with E-state index in [1.165, 1.54) is 51.4 Å². The zero-order chi connectivity index (χ0) is 29.6. The van der Waals surface area contributed by atoms with Crippen LogP contribution in [0.2, 0.25) is 0 Å². The first kappa shape index (κ1) is 31.7. The summed E-state index contributed by atoms with van der Waals surface area (Å²) in [6.45, 7) is 5.86. The van der Waals surface area contributed by atoms with Crippen molar-refractivity contribution in [2.24, 2.45) is 0 Å². The van der Waals surface area contributed by atoms with Gasteiger partial charge in [0.15, 0.2) is 0 Å². The molecule has 2 amide bonds. The lowest BCUT2D eigenvalue weighted by Gasteiger charge is -2.20. The number of hydrogen-bond acceptors (Lipinski definition) is 4. The molecule has 0 spiro atoms. The summed E-state index contributed by atoms with van der Waals surface area (Å²) in [5, 5.41) is 1.90. The third kappa shape index (κ3) is 6.82. The normalized spacial score (nSPS) is 14.5. The van der Waals surface area contributed by atoms with E-state index in [0.717, 1.165) is 76.0 Å². The van der Waals surface area contributed by atoms with Crippen molar-refractivity contribution in [1.29, 1.82) is 0 Å². The summed E-state index contributed by atoms with van der Waals surface area (Å²) in [6, 6.07) is 12.4. The summed E-state index contributed by atoms with van der Waals surface area (Å²) in [5.74, 6) is 0.150. The zero-order valence-electron chi connectivity index (χ0n) is 24.6. The Morgan fingerprint density at radius 2 is 0.952 bits per heavy atom. The van der Waals surface area contributed by atoms with E-state index in [2.05, 4.69) is 57.8 Å².